The molecule has 0 aliphatic carbocycles. The summed E-state index contributed by atoms with van der Waals surface area (Å²) in [4.78, 5) is 5.80. The molecule has 0 aromatic carbocycles. The van der Waals surface area contributed by atoms with Gasteiger partial charge in [0.2, 0.25) is 0 Å². The van der Waals surface area contributed by atoms with E-state index in [1.807, 2.05) is 33.1 Å². The zero-order valence-electron chi connectivity index (χ0n) is 7.87. The van der Waals surface area contributed by atoms with E-state index in [2.05, 4.69) is 10.1 Å². The van der Waals surface area contributed by atoms with Gasteiger partial charge >= 0.3 is 0 Å². The van der Waals surface area contributed by atoms with Crippen LogP contribution in [0.5, 0.6) is 0 Å². The second-order valence-electron chi connectivity index (χ2n) is 2.59. The smallest absolute Gasteiger partial charge is 0.166 e. The van der Waals surface area contributed by atoms with E-state index in [0.29, 0.717) is 0 Å². The first-order valence-electron chi connectivity index (χ1n) is 3.43. The maximum Gasteiger partial charge on any atom is 0.166 e. The van der Waals surface area contributed by atoms with E-state index >= 15 is 0 Å². The van der Waals surface area contributed by atoms with Gasteiger partial charge < -0.3 is 9.91 Å². The Balaban J connectivity index is 4.33. The van der Waals surface area contributed by atoms with E-state index < -0.39 is 0 Å². The normalized spacial score (nSPS) is 12.3. The highest BCUT2D eigenvalue weighted by atomic mass is 15.4. The molecule has 64 valence electrons. The minimum atomic E-state index is 0.845. The van der Waals surface area contributed by atoms with Crippen molar-refractivity contribution >= 4 is 12.1 Å². The quantitative estimate of drug-likeness (QED) is 0.323. The van der Waals surface area contributed by atoms with Gasteiger partial charge in [0.05, 0.1) is 6.21 Å². The first-order chi connectivity index (χ1) is 5.07. The number of amidine groups is 1. The van der Waals surface area contributed by atoms with Gasteiger partial charge in [-0.25, -0.2) is 0 Å². The molecule has 0 aliphatic heterocycles. The van der Waals surface area contributed by atoms with Gasteiger partial charge in [-0.2, -0.15) is 5.10 Å². The second kappa shape index (κ2) is 4.71. The molecule has 11 heavy (non-hydrogen) atoms. The minimum Gasteiger partial charge on any atom is -0.360 e. The molecule has 0 radical (unpaired) electrons. The van der Waals surface area contributed by atoms with Gasteiger partial charge in [0.15, 0.2) is 5.84 Å². The van der Waals surface area contributed by atoms with E-state index in [9.17, 15) is 0 Å². The van der Waals surface area contributed by atoms with Crippen LogP contribution in [-0.4, -0.2) is 57.2 Å². The monoisotopic (exact) mass is 156 g/mol. The fourth-order valence-electron chi connectivity index (χ4n) is 0.551. The molecule has 0 heterocycles. The van der Waals surface area contributed by atoms with Crippen LogP contribution in [0.2, 0.25) is 0 Å². The predicted molar refractivity (Wildman–Crippen MR) is 49.2 cm³/mol. The number of hydrazone groups is 1. The Labute approximate surface area is 68.2 Å². The summed E-state index contributed by atoms with van der Waals surface area (Å²) < 4.78 is 0. The summed E-state index contributed by atoms with van der Waals surface area (Å²) in [5, 5.41) is 5.94. The zero-order valence-corrected chi connectivity index (χ0v) is 7.87. The lowest BCUT2D eigenvalue weighted by Crippen LogP contribution is -2.25. The van der Waals surface area contributed by atoms with Gasteiger partial charge in [-0.3, -0.25) is 4.99 Å². The van der Waals surface area contributed by atoms with Crippen molar-refractivity contribution in [1.29, 1.82) is 0 Å². The highest BCUT2D eigenvalue weighted by Gasteiger charge is 1.96. The van der Waals surface area contributed by atoms with Crippen molar-refractivity contribution in [2.24, 2.45) is 10.1 Å². The second-order valence-corrected chi connectivity index (χ2v) is 2.59. The van der Waals surface area contributed by atoms with Crippen molar-refractivity contribution in [3.63, 3.8) is 0 Å². The van der Waals surface area contributed by atoms with Gasteiger partial charge in [-0.15, -0.1) is 0 Å². The third kappa shape index (κ3) is 4.36. The van der Waals surface area contributed by atoms with Crippen molar-refractivity contribution < 1.29 is 0 Å². The van der Waals surface area contributed by atoms with Crippen molar-refractivity contribution in [3.05, 3.63) is 0 Å². The zero-order chi connectivity index (χ0) is 8.85. The van der Waals surface area contributed by atoms with Crippen molar-refractivity contribution in [1.82, 2.24) is 9.91 Å². The first-order valence-corrected chi connectivity index (χ1v) is 3.43. The molecule has 0 amide bonds. The van der Waals surface area contributed by atoms with Gasteiger partial charge in [-0.1, -0.05) is 0 Å². The average molecular weight is 156 g/mol. The molecule has 0 fully saturated rings. The Morgan fingerprint density at radius 1 is 1.18 bits per heavy atom. The molecule has 4 heteroatoms. The van der Waals surface area contributed by atoms with Gasteiger partial charge in [0.25, 0.3) is 0 Å². The summed E-state index contributed by atoms with van der Waals surface area (Å²) in [6, 6.07) is 0. The molecule has 0 unspecified atom stereocenters. The lowest BCUT2D eigenvalue weighted by molar-refractivity contribution is 0.427. The van der Waals surface area contributed by atoms with Crippen molar-refractivity contribution in [3.8, 4) is 0 Å². The third-order valence-corrected chi connectivity index (χ3v) is 1.01. The van der Waals surface area contributed by atoms with E-state index in [0.717, 1.165) is 5.84 Å². The summed E-state index contributed by atoms with van der Waals surface area (Å²) in [6.45, 7) is 0. The number of hydrogen-bond donors (Lipinski definition) is 0. The summed E-state index contributed by atoms with van der Waals surface area (Å²) in [5.41, 5.74) is 0. The molecule has 0 N–H and O–H groups in total. The molecular formula is C7H16N4. The Bertz CT molecular complexity index is 158. The maximum absolute atomic E-state index is 4.19. The molecule has 4 nitrogen and oxygen atoms in total. The van der Waals surface area contributed by atoms with Crippen LogP contribution < -0.4 is 0 Å². The topological polar surface area (TPSA) is 31.2 Å². The number of rotatable bonds is 2. The molecule has 0 aliphatic rings. The van der Waals surface area contributed by atoms with Crippen LogP contribution in [0.4, 0.5) is 0 Å². The standard InChI is InChI=1S/C7H16N4/c1-8-6-7(10(2)3)9-11(4)5/h6H,1-5H3. The predicted octanol–water partition coefficient (Wildman–Crippen LogP) is 0.124. The van der Waals surface area contributed by atoms with Crippen LogP contribution >= 0.6 is 0 Å². The number of aliphatic imine (C=N–C) groups is 1. The highest BCUT2D eigenvalue weighted by molar-refractivity contribution is 6.29. The van der Waals surface area contributed by atoms with Crippen LogP contribution in [0.3, 0.4) is 0 Å². The Morgan fingerprint density at radius 2 is 1.73 bits per heavy atom. The Hall–Kier alpha value is -1.06. The van der Waals surface area contributed by atoms with E-state index in [1.54, 1.807) is 18.3 Å². The number of nitrogens with zero attached hydrogens (tertiary/aromatic N) is 4. The molecule has 0 rings (SSSR count). The molecular weight excluding hydrogens is 140 g/mol. The number of hydrogen-bond acceptors (Lipinski definition) is 3. The first kappa shape index (κ1) is 9.94. The Morgan fingerprint density at radius 3 is 2.00 bits per heavy atom. The Kier molecular flexibility index (Phi) is 4.26. The lowest BCUT2D eigenvalue weighted by atomic mass is 10.6. The van der Waals surface area contributed by atoms with Crippen LogP contribution in [0.1, 0.15) is 0 Å². The molecule has 0 bridgehead atoms. The van der Waals surface area contributed by atoms with E-state index in [4.69, 9.17) is 0 Å². The van der Waals surface area contributed by atoms with Gasteiger partial charge in [-0.05, 0) is 0 Å². The van der Waals surface area contributed by atoms with Crippen LogP contribution in [0.25, 0.3) is 0 Å². The van der Waals surface area contributed by atoms with Crippen molar-refractivity contribution in [2.45, 2.75) is 0 Å². The average Bonchev–Trinajstić information content (AvgIpc) is 1.86. The highest BCUT2D eigenvalue weighted by Crippen LogP contribution is 1.83. The molecule has 0 saturated carbocycles. The maximum atomic E-state index is 4.19. The molecule has 0 saturated heterocycles. The van der Waals surface area contributed by atoms with Crippen LogP contribution in [0, 0.1) is 0 Å². The summed E-state index contributed by atoms with van der Waals surface area (Å²) >= 11 is 0. The van der Waals surface area contributed by atoms with Gasteiger partial charge in [0.1, 0.15) is 0 Å². The van der Waals surface area contributed by atoms with E-state index in [-0.39, 0.29) is 0 Å². The minimum absolute atomic E-state index is 0.845. The summed E-state index contributed by atoms with van der Waals surface area (Å²) in [7, 11) is 9.36. The third-order valence-electron chi connectivity index (χ3n) is 1.01. The fourth-order valence-corrected chi connectivity index (χ4v) is 0.551. The largest absolute Gasteiger partial charge is 0.360 e. The van der Waals surface area contributed by atoms with Crippen LogP contribution in [0.15, 0.2) is 10.1 Å². The van der Waals surface area contributed by atoms with E-state index in [1.165, 1.54) is 0 Å². The SMILES string of the molecule is CN=CC(=NN(C)C)N(C)C. The summed E-state index contributed by atoms with van der Waals surface area (Å²) in [6.07, 6.45) is 1.72. The molecule has 0 aromatic rings. The lowest BCUT2D eigenvalue weighted by Gasteiger charge is -2.13. The molecule has 0 spiro atoms. The fraction of sp³-hybridized carbons (Fsp3) is 0.714. The molecule has 0 atom stereocenters. The van der Waals surface area contributed by atoms with Crippen molar-refractivity contribution in [2.75, 3.05) is 35.2 Å². The van der Waals surface area contributed by atoms with Gasteiger partial charge in [0, 0.05) is 35.2 Å². The van der Waals surface area contributed by atoms with Crippen LogP contribution in [-0.2, 0) is 0 Å². The molecule has 0 aromatic heterocycles. The summed E-state index contributed by atoms with van der Waals surface area (Å²) in [5.74, 6) is 0.845.